The van der Waals surface area contributed by atoms with Crippen LogP contribution in [-0.2, 0) is 30.8 Å². The molecule has 0 atom stereocenters. The Morgan fingerprint density at radius 2 is 2.15 bits per heavy atom. The van der Waals surface area contributed by atoms with Crippen LogP contribution in [0.2, 0.25) is 0 Å². The van der Waals surface area contributed by atoms with Gasteiger partial charge in [-0.3, -0.25) is 14.4 Å². The van der Waals surface area contributed by atoms with Crippen molar-refractivity contribution in [2.45, 2.75) is 70.6 Å². The third-order valence-electron chi connectivity index (χ3n) is 5.42. The molecule has 1 aliphatic heterocycles. The van der Waals surface area contributed by atoms with E-state index in [4.69, 9.17) is 5.10 Å². The monoisotopic (exact) mass is 356 g/mol. The Hall–Kier alpha value is -2.15. The van der Waals surface area contributed by atoms with Gasteiger partial charge in [-0.05, 0) is 25.3 Å². The van der Waals surface area contributed by atoms with Gasteiger partial charge in [-0.25, -0.2) is 4.98 Å². The Morgan fingerprint density at radius 3 is 2.96 bits per heavy atom. The molecule has 7 heteroatoms. The summed E-state index contributed by atoms with van der Waals surface area (Å²) in [7, 11) is 0. The van der Waals surface area contributed by atoms with Crippen LogP contribution in [0.1, 0.15) is 55.6 Å². The van der Waals surface area contributed by atoms with Crippen molar-refractivity contribution < 1.29 is 4.79 Å². The number of rotatable bonds is 6. The number of aromatic amines is 1. The molecule has 0 bridgehead atoms. The molecule has 7 nitrogen and oxygen atoms in total. The predicted molar refractivity (Wildman–Crippen MR) is 98.3 cm³/mol. The van der Waals surface area contributed by atoms with Crippen LogP contribution in [-0.4, -0.2) is 43.1 Å². The van der Waals surface area contributed by atoms with Crippen LogP contribution in [0.3, 0.4) is 0 Å². The van der Waals surface area contributed by atoms with E-state index in [0.717, 1.165) is 63.3 Å². The lowest BCUT2D eigenvalue weighted by Crippen LogP contribution is -2.32. The van der Waals surface area contributed by atoms with Crippen LogP contribution in [0.15, 0.2) is 18.6 Å². The molecule has 1 fully saturated rings. The van der Waals surface area contributed by atoms with Crippen molar-refractivity contribution in [3.05, 3.63) is 35.7 Å². The van der Waals surface area contributed by atoms with E-state index in [1.807, 2.05) is 6.20 Å². The molecule has 26 heavy (non-hydrogen) atoms. The first-order valence-electron chi connectivity index (χ1n) is 9.81. The summed E-state index contributed by atoms with van der Waals surface area (Å²) in [5, 5.41) is 7.90. The molecular formula is C19H28N6O. The number of carbonyl (C=O) groups excluding carboxylic acids is 1. The van der Waals surface area contributed by atoms with Crippen LogP contribution in [0.25, 0.3) is 0 Å². The standard InChI is InChI=1S/C19H28N6O/c26-19(22-15-4-1-2-5-15)7-6-16-10-18-13-24(8-3-9-25(18)23-16)12-17-11-20-14-21-17/h10-11,14-15H,1-9,12-13H2,(H,20,21)(H,22,26). The SMILES string of the molecule is O=C(CCc1cc2n(n1)CCCN(Cc1cnc[nH]1)C2)NC1CCCC1. The average Bonchev–Trinajstić information content (AvgIpc) is 3.35. The fourth-order valence-corrected chi connectivity index (χ4v) is 4.07. The summed E-state index contributed by atoms with van der Waals surface area (Å²) in [6, 6.07) is 2.57. The quantitative estimate of drug-likeness (QED) is 0.830. The molecule has 140 valence electrons. The number of aryl methyl sites for hydroxylation is 2. The molecule has 1 saturated carbocycles. The molecule has 2 aromatic rings. The summed E-state index contributed by atoms with van der Waals surface area (Å²) < 4.78 is 2.12. The third-order valence-corrected chi connectivity index (χ3v) is 5.42. The molecule has 4 rings (SSSR count). The molecule has 0 aromatic carbocycles. The number of hydrogen-bond acceptors (Lipinski definition) is 4. The highest BCUT2D eigenvalue weighted by molar-refractivity contribution is 5.76. The van der Waals surface area contributed by atoms with E-state index in [0.29, 0.717) is 12.5 Å². The van der Waals surface area contributed by atoms with Crippen molar-refractivity contribution in [3.63, 3.8) is 0 Å². The summed E-state index contributed by atoms with van der Waals surface area (Å²) >= 11 is 0. The van der Waals surface area contributed by atoms with Crippen molar-refractivity contribution in [2.75, 3.05) is 6.54 Å². The first kappa shape index (κ1) is 17.3. The van der Waals surface area contributed by atoms with E-state index >= 15 is 0 Å². The highest BCUT2D eigenvalue weighted by atomic mass is 16.1. The summed E-state index contributed by atoms with van der Waals surface area (Å²) in [4.78, 5) is 21.8. The van der Waals surface area contributed by atoms with Crippen LogP contribution < -0.4 is 5.32 Å². The van der Waals surface area contributed by atoms with Crippen LogP contribution in [0, 0.1) is 0 Å². The second-order valence-corrected chi connectivity index (χ2v) is 7.54. The first-order chi connectivity index (χ1) is 12.8. The molecule has 0 spiro atoms. The minimum Gasteiger partial charge on any atom is -0.353 e. The molecular weight excluding hydrogens is 328 g/mol. The van der Waals surface area contributed by atoms with E-state index in [1.165, 1.54) is 18.5 Å². The van der Waals surface area contributed by atoms with E-state index in [1.54, 1.807) is 6.33 Å². The summed E-state index contributed by atoms with van der Waals surface area (Å²) in [5.74, 6) is 0.168. The molecule has 0 unspecified atom stereocenters. The molecule has 3 heterocycles. The second-order valence-electron chi connectivity index (χ2n) is 7.54. The Kier molecular flexibility index (Phi) is 5.34. The molecule has 0 saturated heterocycles. The summed E-state index contributed by atoms with van der Waals surface area (Å²) in [5.41, 5.74) is 3.42. The van der Waals surface area contributed by atoms with Gasteiger partial charge in [-0.1, -0.05) is 12.8 Å². The number of hydrogen-bond donors (Lipinski definition) is 2. The van der Waals surface area contributed by atoms with Gasteiger partial charge in [-0.2, -0.15) is 5.10 Å². The van der Waals surface area contributed by atoms with E-state index < -0.39 is 0 Å². The maximum Gasteiger partial charge on any atom is 0.220 e. The van der Waals surface area contributed by atoms with Gasteiger partial charge in [0.05, 0.1) is 17.7 Å². The molecule has 2 aliphatic rings. The zero-order valence-corrected chi connectivity index (χ0v) is 15.3. The fourth-order valence-electron chi connectivity index (χ4n) is 4.07. The minimum atomic E-state index is 0.168. The third kappa shape index (κ3) is 4.33. The number of amides is 1. The Labute approximate surface area is 154 Å². The molecule has 1 amide bonds. The van der Waals surface area contributed by atoms with Crippen molar-refractivity contribution >= 4 is 5.91 Å². The van der Waals surface area contributed by atoms with E-state index in [-0.39, 0.29) is 5.91 Å². The Bertz CT molecular complexity index is 716. The van der Waals surface area contributed by atoms with Crippen molar-refractivity contribution in [2.24, 2.45) is 0 Å². The molecule has 1 aliphatic carbocycles. The Morgan fingerprint density at radius 1 is 1.27 bits per heavy atom. The van der Waals surface area contributed by atoms with Gasteiger partial charge in [0.1, 0.15) is 0 Å². The number of nitrogens with zero attached hydrogens (tertiary/aromatic N) is 4. The van der Waals surface area contributed by atoms with Crippen molar-refractivity contribution in [1.29, 1.82) is 0 Å². The zero-order valence-electron chi connectivity index (χ0n) is 15.3. The predicted octanol–water partition coefficient (Wildman–Crippen LogP) is 2.00. The lowest BCUT2D eigenvalue weighted by Gasteiger charge is -2.18. The van der Waals surface area contributed by atoms with Gasteiger partial charge in [-0.15, -0.1) is 0 Å². The van der Waals surface area contributed by atoms with Crippen molar-refractivity contribution in [1.82, 2.24) is 30.0 Å². The Balaban J connectivity index is 1.31. The number of nitrogens with one attached hydrogen (secondary N) is 2. The van der Waals surface area contributed by atoms with Gasteiger partial charge < -0.3 is 10.3 Å². The maximum atomic E-state index is 12.1. The average molecular weight is 356 g/mol. The van der Waals surface area contributed by atoms with Gasteiger partial charge in [0.2, 0.25) is 5.91 Å². The number of aromatic nitrogens is 4. The van der Waals surface area contributed by atoms with Crippen molar-refractivity contribution in [3.8, 4) is 0 Å². The number of fused-ring (bicyclic) bond motifs is 1. The van der Waals surface area contributed by atoms with Gasteiger partial charge >= 0.3 is 0 Å². The summed E-state index contributed by atoms with van der Waals surface area (Å²) in [6.07, 6.45) is 10.7. The highest BCUT2D eigenvalue weighted by Gasteiger charge is 2.19. The largest absolute Gasteiger partial charge is 0.353 e. The topological polar surface area (TPSA) is 78.8 Å². The molecule has 0 radical (unpaired) electrons. The van der Waals surface area contributed by atoms with Crippen LogP contribution >= 0.6 is 0 Å². The maximum absolute atomic E-state index is 12.1. The fraction of sp³-hybridized carbons (Fsp3) is 0.632. The normalized spacial score (nSPS) is 18.6. The lowest BCUT2D eigenvalue weighted by atomic mass is 10.2. The molecule has 2 aromatic heterocycles. The smallest absolute Gasteiger partial charge is 0.220 e. The highest BCUT2D eigenvalue weighted by Crippen LogP contribution is 2.18. The zero-order chi connectivity index (χ0) is 17.8. The second kappa shape index (κ2) is 8.03. The molecule has 2 N–H and O–H groups in total. The lowest BCUT2D eigenvalue weighted by molar-refractivity contribution is -0.121. The van der Waals surface area contributed by atoms with Gasteiger partial charge in [0, 0.05) is 57.0 Å². The van der Waals surface area contributed by atoms with E-state index in [9.17, 15) is 4.79 Å². The number of carbonyl (C=O) groups is 1. The van der Waals surface area contributed by atoms with E-state index in [2.05, 4.69) is 30.9 Å². The number of H-pyrrole nitrogens is 1. The van der Waals surface area contributed by atoms with Crippen LogP contribution in [0.5, 0.6) is 0 Å². The van der Waals surface area contributed by atoms with Gasteiger partial charge in [0.15, 0.2) is 0 Å². The minimum absolute atomic E-state index is 0.168. The van der Waals surface area contributed by atoms with Gasteiger partial charge in [0.25, 0.3) is 0 Å². The first-order valence-corrected chi connectivity index (χ1v) is 9.81. The number of imidazole rings is 1. The van der Waals surface area contributed by atoms with Crippen LogP contribution in [0.4, 0.5) is 0 Å². The summed E-state index contributed by atoms with van der Waals surface area (Å²) in [6.45, 7) is 3.77.